The molecule has 1 saturated heterocycles. The minimum atomic E-state index is -4.32. The highest BCUT2D eigenvalue weighted by molar-refractivity contribution is 6.30. The first-order chi connectivity index (χ1) is 17.7. The Hall–Kier alpha value is -2.46. The van der Waals surface area contributed by atoms with Crippen LogP contribution in [0.4, 0.5) is 13.2 Å². The Morgan fingerprint density at radius 2 is 1.73 bits per heavy atom. The summed E-state index contributed by atoms with van der Waals surface area (Å²) in [6, 6.07) is 13.3. The van der Waals surface area contributed by atoms with E-state index in [4.69, 9.17) is 26.8 Å². The van der Waals surface area contributed by atoms with Crippen molar-refractivity contribution in [2.75, 3.05) is 32.7 Å². The predicted molar refractivity (Wildman–Crippen MR) is 135 cm³/mol. The summed E-state index contributed by atoms with van der Waals surface area (Å²) in [6.07, 6.45) is -0.757. The van der Waals surface area contributed by atoms with Crippen LogP contribution in [0, 0.1) is 0 Å². The van der Waals surface area contributed by atoms with Crippen molar-refractivity contribution in [3.8, 4) is 0 Å². The highest BCUT2D eigenvalue weighted by Gasteiger charge is 2.44. The van der Waals surface area contributed by atoms with Crippen LogP contribution < -0.4 is 5.73 Å². The Morgan fingerprint density at radius 3 is 2.38 bits per heavy atom. The normalized spacial score (nSPS) is 19.5. The second kappa shape index (κ2) is 10.7. The van der Waals surface area contributed by atoms with Crippen molar-refractivity contribution in [1.82, 2.24) is 19.9 Å². The van der Waals surface area contributed by atoms with Gasteiger partial charge in [0, 0.05) is 56.8 Å². The SMILES string of the molecule is NC(Cc1nc(C2(c3ccc(Cl)cc3)CCC2)no1)CN1CCN(Cc2cccc(C(F)(F)F)c2)CC1. The predicted octanol–water partition coefficient (Wildman–Crippen LogP) is 4.90. The van der Waals surface area contributed by atoms with E-state index in [0.717, 1.165) is 57.1 Å². The number of alkyl halides is 3. The van der Waals surface area contributed by atoms with E-state index in [9.17, 15) is 13.2 Å². The second-order valence-electron chi connectivity index (χ2n) is 10.2. The van der Waals surface area contributed by atoms with Gasteiger partial charge >= 0.3 is 6.18 Å². The number of nitrogens with two attached hydrogens (primary N) is 1. The van der Waals surface area contributed by atoms with Gasteiger partial charge < -0.3 is 10.3 Å². The first-order valence-electron chi connectivity index (χ1n) is 12.7. The van der Waals surface area contributed by atoms with Gasteiger partial charge in [0.25, 0.3) is 0 Å². The molecule has 1 aromatic heterocycles. The van der Waals surface area contributed by atoms with E-state index >= 15 is 0 Å². The van der Waals surface area contributed by atoms with Crippen molar-refractivity contribution < 1.29 is 17.7 Å². The average molecular weight is 534 g/mol. The molecular formula is C27H31ClF3N5O. The van der Waals surface area contributed by atoms with E-state index in [1.165, 1.54) is 12.1 Å². The zero-order valence-corrected chi connectivity index (χ0v) is 21.3. The van der Waals surface area contributed by atoms with Gasteiger partial charge in [0.15, 0.2) is 5.82 Å². The number of nitrogens with zero attached hydrogens (tertiary/aromatic N) is 4. The third-order valence-corrected chi connectivity index (χ3v) is 7.81. The standard InChI is InChI=1S/C27H31ClF3N5O/c28-22-7-5-20(6-8-22)26(9-2-10-26)25-33-24(37-34-25)16-23(32)18-36-13-11-35(12-14-36)17-19-3-1-4-21(15-19)27(29,30)31/h1,3-8,15,23H,2,9-14,16-18,32H2. The smallest absolute Gasteiger partial charge is 0.339 e. The molecule has 5 rings (SSSR count). The largest absolute Gasteiger partial charge is 0.416 e. The molecule has 0 radical (unpaired) electrons. The molecule has 1 saturated carbocycles. The van der Waals surface area contributed by atoms with E-state index in [0.29, 0.717) is 41.8 Å². The third-order valence-electron chi connectivity index (χ3n) is 7.55. The number of aromatic nitrogens is 2. The molecular weight excluding hydrogens is 503 g/mol. The van der Waals surface area contributed by atoms with Gasteiger partial charge in [-0.3, -0.25) is 9.80 Å². The fourth-order valence-corrected chi connectivity index (χ4v) is 5.45. The fourth-order valence-electron chi connectivity index (χ4n) is 5.33. The molecule has 2 aromatic carbocycles. The zero-order valence-electron chi connectivity index (χ0n) is 20.6. The molecule has 2 aliphatic rings. The van der Waals surface area contributed by atoms with Crippen molar-refractivity contribution in [3.63, 3.8) is 0 Å². The van der Waals surface area contributed by atoms with Gasteiger partial charge in [0.05, 0.1) is 11.0 Å². The minimum absolute atomic E-state index is 0.156. The first-order valence-corrected chi connectivity index (χ1v) is 13.0. The van der Waals surface area contributed by atoms with Crippen LogP contribution in [-0.2, 0) is 24.6 Å². The molecule has 1 unspecified atom stereocenters. The number of halogens is 4. The topological polar surface area (TPSA) is 71.4 Å². The number of hydrogen-bond acceptors (Lipinski definition) is 6. The lowest BCUT2D eigenvalue weighted by molar-refractivity contribution is -0.137. The summed E-state index contributed by atoms with van der Waals surface area (Å²) in [5, 5.41) is 5.02. The van der Waals surface area contributed by atoms with E-state index in [1.807, 2.05) is 24.3 Å². The molecule has 1 aliphatic heterocycles. The Bertz CT molecular complexity index is 1190. The van der Waals surface area contributed by atoms with Crippen LogP contribution in [0.25, 0.3) is 0 Å². The van der Waals surface area contributed by atoms with Crippen LogP contribution in [0.5, 0.6) is 0 Å². The van der Waals surface area contributed by atoms with Crippen molar-refractivity contribution in [2.45, 2.75) is 49.9 Å². The van der Waals surface area contributed by atoms with Crippen LogP contribution in [-0.4, -0.2) is 58.7 Å². The van der Waals surface area contributed by atoms with Gasteiger partial charge in [-0.2, -0.15) is 18.2 Å². The summed E-state index contributed by atoms with van der Waals surface area (Å²) in [5.41, 5.74) is 7.45. The lowest BCUT2D eigenvalue weighted by Gasteiger charge is -2.39. The van der Waals surface area contributed by atoms with Crippen LogP contribution in [0.1, 0.15) is 47.7 Å². The maximum absolute atomic E-state index is 13.0. The molecule has 0 bridgehead atoms. The molecule has 0 amide bonds. The summed E-state index contributed by atoms with van der Waals surface area (Å²) in [7, 11) is 0. The van der Waals surface area contributed by atoms with Crippen LogP contribution in [0.3, 0.4) is 0 Å². The van der Waals surface area contributed by atoms with E-state index in [1.54, 1.807) is 6.07 Å². The monoisotopic (exact) mass is 533 g/mol. The first kappa shape index (κ1) is 26.2. The summed E-state index contributed by atoms with van der Waals surface area (Å²) in [5.74, 6) is 1.26. The Kier molecular flexibility index (Phi) is 7.58. The van der Waals surface area contributed by atoms with E-state index < -0.39 is 11.7 Å². The van der Waals surface area contributed by atoms with Crippen LogP contribution in [0.2, 0.25) is 5.02 Å². The molecule has 37 heavy (non-hydrogen) atoms. The quantitative estimate of drug-likeness (QED) is 0.444. The highest BCUT2D eigenvalue weighted by atomic mass is 35.5. The molecule has 10 heteroatoms. The van der Waals surface area contributed by atoms with Crippen molar-refractivity contribution in [2.24, 2.45) is 5.73 Å². The van der Waals surface area contributed by atoms with Gasteiger partial charge in [0.1, 0.15) is 0 Å². The molecule has 1 atom stereocenters. The number of hydrogen-bond donors (Lipinski definition) is 1. The Morgan fingerprint density at radius 1 is 1.03 bits per heavy atom. The fraction of sp³-hybridized carbons (Fsp3) is 0.481. The number of rotatable bonds is 8. The second-order valence-corrected chi connectivity index (χ2v) is 10.6. The van der Waals surface area contributed by atoms with E-state index in [-0.39, 0.29) is 11.5 Å². The lowest BCUT2D eigenvalue weighted by Crippen LogP contribution is -2.49. The van der Waals surface area contributed by atoms with Crippen molar-refractivity contribution >= 4 is 11.6 Å². The van der Waals surface area contributed by atoms with Gasteiger partial charge in [-0.05, 0) is 42.2 Å². The third kappa shape index (κ3) is 6.00. The molecule has 6 nitrogen and oxygen atoms in total. The summed E-state index contributed by atoms with van der Waals surface area (Å²) >= 11 is 6.07. The maximum Gasteiger partial charge on any atom is 0.416 e. The van der Waals surface area contributed by atoms with E-state index in [2.05, 4.69) is 15.0 Å². The van der Waals surface area contributed by atoms with Crippen molar-refractivity contribution in [1.29, 1.82) is 0 Å². The molecule has 0 spiro atoms. The molecule has 1 aliphatic carbocycles. The van der Waals surface area contributed by atoms with Crippen LogP contribution in [0.15, 0.2) is 53.1 Å². The van der Waals surface area contributed by atoms with Gasteiger partial charge in [0.2, 0.25) is 5.89 Å². The summed E-state index contributed by atoms with van der Waals surface area (Å²) < 4.78 is 44.6. The molecule has 2 fully saturated rings. The maximum atomic E-state index is 13.0. The summed E-state index contributed by atoms with van der Waals surface area (Å²) in [4.78, 5) is 9.18. The Balaban J connectivity index is 1.11. The minimum Gasteiger partial charge on any atom is -0.339 e. The molecule has 3 aromatic rings. The zero-order chi connectivity index (χ0) is 26.0. The Labute approximate surface area is 219 Å². The summed E-state index contributed by atoms with van der Waals surface area (Å²) in [6.45, 7) is 4.36. The van der Waals surface area contributed by atoms with Crippen LogP contribution >= 0.6 is 11.6 Å². The molecule has 2 N–H and O–H groups in total. The van der Waals surface area contributed by atoms with Gasteiger partial charge in [-0.25, -0.2) is 0 Å². The van der Waals surface area contributed by atoms with Crippen molar-refractivity contribution in [3.05, 3.63) is 82.0 Å². The number of benzene rings is 2. The number of piperazine rings is 1. The molecule has 198 valence electrons. The average Bonchev–Trinajstić information content (AvgIpc) is 3.29. The molecule has 2 heterocycles. The van der Waals surface area contributed by atoms with Gasteiger partial charge in [-0.1, -0.05) is 53.5 Å². The lowest BCUT2D eigenvalue weighted by atomic mass is 9.64. The van der Waals surface area contributed by atoms with Gasteiger partial charge in [-0.15, -0.1) is 0 Å². The highest BCUT2D eigenvalue weighted by Crippen LogP contribution is 2.48.